The smallest absolute Gasteiger partial charge is 0.216 e. The molecule has 0 aliphatic carbocycles. The molecule has 4 nitrogen and oxygen atoms in total. The summed E-state index contributed by atoms with van der Waals surface area (Å²) in [5.74, 6) is -1.37. The minimum atomic E-state index is -0.909. The first-order valence-electron chi connectivity index (χ1n) is 5.65. The number of aromatic nitrogens is 2. The quantitative estimate of drug-likeness (QED) is 0.918. The van der Waals surface area contributed by atoms with E-state index < -0.39 is 17.7 Å². The Morgan fingerprint density at radius 2 is 2.00 bits per heavy atom. The van der Waals surface area contributed by atoms with Crippen molar-refractivity contribution in [2.75, 3.05) is 7.11 Å². The molecular formula is C13H13F2N3O. The van der Waals surface area contributed by atoms with Crippen LogP contribution in [-0.2, 0) is 6.42 Å². The number of ether oxygens (including phenoxy) is 1. The SMILES string of the molecule is COc1cc(CC(N)c2ccc(F)c(F)c2)ncn1. The van der Waals surface area contributed by atoms with Crippen molar-refractivity contribution in [2.24, 2.45) is 5.73 Å². The Balaban J connectivity index is 2.15. The summed E-state index contributed by atoms with van der Waals surface area (Å²) in [5, 5.41) is 0. The van der Waals surface area contributed by atoms with E-state index in [9.17, 15) is 8.78 Å². The second kappa shape index (κ2) is 5.71. The average molecular weight is 265 g/mol. The van der Waals surface area contributed by atoms with Crippen molar-refractivity contribution in [1.29, 1.82) is 0 Å². The van der Waals surface area contributed by atoms with Gasteiger partial charge in [0.1, 0.15) is 6.33 Å². The van der Waals surface area contributed by atoms with Crippen molar-refractivity contribution in [3.8, 4) is 5.88 Å². The molecule has 1 aromatic heterocycles. The standard InChI is InChI=1S/C13H13F2N3O/c1-19-13-6-9(17-7-18-13)5-12(16)8-2-3-10(14)11(15)4-8/h2-4,6-7,12H,5,16H2,1H3. The Morgan fingerprint density at radius 1 is 1.21 bits per heavy atom. The Labute approximate surface area is 109 Å². The molecule has 19 heavy (non-hydrogen) atoms. The Kier molecular flexibility index (Phi) is 4.01. The summed E-state index contributed by atoms with van der Waals surface area (Å²) in [5.41, 5.74) is 7.13. The Morgan fingerprint density at radius 3 is 2.68 bits per heavy atom. The number of methoxy groups -OCH3 is 1. The Bertz CT molecular complexity index is 578. The van der Waals surface area contributed by atoms with Gasteiger partial charge in [-0.1, -0.05) is 6.07 Å². The minimum Gasteiger partial charge on any atom is -0.481 e. The number of halogens is 2. The molecule has 0 amide bonds. The maximum Gasteiger partial charge on any atom is 0.216 e. The summed E-state index contributed by atoms with van der Waals surface area (Å²) in [6.45, 7) is 0. The van der Waals surface area contributed by atoms with Crippen LogP contribution in [0.25, 0.3) is 0 Å². The second-order valence-electron chi connectivity index (χ2n) is 4.04. The van der Waals surface area contributed by atoms with E-state index in [1.165, 1.54) is 19.5 Å². The number of benzene rings is 1. The molecular weight excluding hydrogens is 252 g/mol. The van der Waals surface area contributed by atoms with Gasteiger partial charge in [0, 0.05) is 24.2 Å². The first-order chi connectivity index (χ1) is 9.10. The third-order valence-corrected chi connectivity index (χ3v) is 2.71. The number of hydrogen-bond acceptors (Lipinski definition) is 4. The average Bonchev–Trinajstić information content (AvgIpc) is 2.42. The van der Waals surface area contributed by atoms with Crippen LogP contribution in [0.5, 0.6) is 5.88 Å². The van der Waals surface area contributed by atoms with Crippen molar-refractivity contribution < 1.29 is 13.5 Å². The van der Waals surface area contributed by atoms with Gasteiger partial charge in [-0.25, -0.2) is 18.7 Å². The van der Waals surface area contributed by atoms with Crippen molar-refractivity contribution in [3.05, 3.63) is 53.5 Å². The minimum absolute atomic E-state index is 0.379. The second-order valence-corrected chi connectivity index (χ2v) is 4.04. The van der Waals surface area contributed by atoms with Crippen LogP contribution in [0.1, 0.15) is 17.3 Å². The van der Waals surface area contributed by atoms with Gasteiger partial charge in [-0.3, -0.25) is 0 Å². The van der Waals surface area contributed by atoms with Gasteiger partial charge in [0.15, 0.2) is 11.6 Å². The maximum absolute atomic E-state index is 13.1. The molecule has 2 aromatic rings. The number of nitrogens with two attached hydrogens (primary N) is 1. The largest absolute Gasteiger partial charge is 0.481 e. The lowest BCUT2D eigenvalue weighted by molar-refractivity contribution is 0.395. The van der Waals surface area contributed by atoms with Crippen LogP contribution in [0.3, 0.4) is 0 Å². The highest BCUT2D eigenvalue weighted by Crippen LogP contribution is 2.18. The maximum atomic E-state index is 13.1. The lowest BCUT2D eigenvalue weighted by atomic mass is 10.0. The number of rotatable bonds is 4. The molecule has 2 N–H and O–H groups in total. The highest BCUT2D eigenvalue weighted by atomic mass is 19.2. The highest BCUT2D eigenvalue weighted by Gasteiger charge is 2.11. The van der Waals surface area contributed by atoms with Gasteiger partial charge in [-0.2, -0.15) is 0 Å². The lowest BCUT2D eigenvalue weighted by Crippen LogP contribution is -2.14. The fourth-order valence-electron chi connectivity index (χ4n) is 1.69. The molecule has 0 aliphatic rings. The highest BCUT2D eigenvalue weighted by molar-refractivity contribution is 5.23. The molecule has 0 fully saturated rings. The normalized spacial score (nSPS) is 12.2. The topological polar surface area (TPSA) is 61.0 Å². The van der Waals surface area contributed by atoms with E-state index >= 15 is 0 Å². The van der Waals surface area contributed by atoms with Crippen LogP contribution in [0.2, 0.25) is 0 Å². The fraction of sp³-hybridized carbons (Fsp3) is 0.231. The zero-order valence-corrected chi connectivity index (χ0v) is 10.3. The van der Waals surface area contributed by atoms with Crippen LogP contribution in [0.4, 0.5) is 8.78 Å². The molecule has 1 heterocycles. The van der Waals surface area contributed by atoms with E-state index in [1.54, 1.807) is 6.07 Å². The molecule has 0 saturated carbocycles. The van der Waals surface area contributed by atoms with Crippen LogP contribution in [-0.4, -0.2) is 17.1 Å². The molecule has 0 bridgehead atoms. The van der Waals surface area contributed by atoms with Gasteiger partial charge >= 0.3 is 0 Å². The van der Waals surface area contributed by atoms with Gasteiger partial charge in [0.05, 0.1) is 7.11 Å². The summed E-state index contributed by atoms with van der Waals surface area (Å²) in [7, 11) is 1.50. The van der Waals surface area contributed by atoms with Crippen LogP contribution in [0, 0.1) is 11.6 Å². The predicted molar refractivity (Wildman–Crippen MR) is 65.6 cm³/mol. The fourth-order valence-corrected chi connectivity index (χ4v) is 1.69. The van der Waals surface area contributed by atoms with Crippen molar-refractivity contribution >= 4 is 0 Å². The van der Waals surface area contributed by atoms with Crippen molar-refractivity contribution in [2.45, 2.75) is 12.5 Å². The molecule has 0 radical (unpaired) electrons. The van der Waals surface area contributed by atoms with E-state index in [4.69, 9.17) is 10.5 Å². The van der Waals surface area contributed by atoms with Crippen molar-refractivity contribution in [1.82, 2.24) is 9.97 Å². The molecule has 2 rings (SSSR count). The van der Waals surface area contributed by atoms with E-state index in [1.807, 2.05) is 0 Å². The molecule has 6 heteroatoms. The van der Waals surface area contributed by atoms with E-state index in [2.05, 4.69) is 9.97 Å². The first-order valence-corrected chi connectivity index (χ1v) is 5.65. The van der Waals surface area contributed by atoms with E-state index in [0.29, 0.717) is 23.6 Å². The summed E-state index contributed by atoms with van der Waals surface area (Å²) in [4.78, 5) is 7.93. The van der Waals surface area contributed by atoms with Crippen LogP contribution in [0.15, 0.2) is 30.6 Å². The molecule has 0 spiro atoms. The van der Waals surface area contributed by atoms with Crippen LogP contribution >= 0.6 is 0 Å². The molecule has 1 unspecified atom stereocenters. The summed E-state index contributed by atoms with van der Waals surface area (Å²) >= 11 is 0. The molecule has 1 atom stereocenters. The molecule has 0 saturated heterocycles. The third kappa shape index (κ3) is 3.23. The molecule has 0 aliphatic heterocycles. The van der Waals surface area contributed by atoms with Crippen molar-refractivity contribution in [3.63, 3.8) is 0 Å². The molecule has 1 aromatic carbocycles. The summed E-state index contributed by atoms with van der Waals surface area (Å²) < 4.78 is 30.9. The zero-order valence-electron chi connectivity index (χ0n) is 10.3. The van der Waals surface area contributed by atoms with Gasteiger partial charge in [0.2, 0.25) is 5.88 Å². The van der Waals surface area contributed by atoms with Gasteiger partial charge in [-0.15, -0.1) is 0 Å². The van der Waals surface area contributed by atoms with Crippen LogP contribution < -0.4 is 10.5 Å². The van der Waals surface area contributed by atoms with E-state index in [-0.39, 0.29) is 0 Å². The number of hydrogen-bond donors (Lipinski definition) is 1. The van der Waals surface area contributed by atoms with Gasteiger partial charge < -0.3 is 10.5 Å². The lowest BCUT2D eigenvalue weighted by Gasteiger charge is -2.12. The zero-order chi connectivity index (χ0) is 13.8. The van der Waals surface area contributed by atoms with Gasteiger partial charge in [-0.05, 0) is 17.7 Å². The van der Waals surface area contributed by atoms with Gasteiger partial charge in [0.25, 0.3) is 0 Å². The summed E-state index contributed by atoms with van der Waals surface area (Å²) in [6, 6.07) is 4.79. The Hall–Kier alpha value is -2.08. The third-order valence-electron chi connectivity index (χ3n) is 2.71. The first kappa shape index (κ1) is 13.4. The summed E-state index contributed by atoms with van der Waals surface area (Å²) in [6.07, 6.45) is 1.75. The van der Waals surface area contributed by atoms with E-state index in [0.717, 1.165) is 12.1 Å². The monoisotopic (exact) mass is 265 g/mol. The predicted octanol–water partition coefficient (Wildman–Crippen LogP) is 2.01. The molecule has 100 valence electrons. The number of nitrogens with zero attached hydrogens (tertiary/aromatic N) is 2.